The first-order valence-electron chi connectivity index (χ1n) is 10.6. The molecule has 1 saturated heterocycles. The molecule has 10 heteroatoms. The molecule has 1 amide bonds. The summed E-state index contributed by atoms with van der Waals surface area (Å²) in [6, 6.07) is 14.0. The summed E-state index contributed by atoms with van der Waals surface area (Å²) in [6.45, 7) is 2.84. The van der Waals surface area contributed by atoms with Crippen LogP contribution in [-0.2, 0) is 16.6 Å². The van der Waals surface area contributed by atoms with E-state index in [1.165, 1.54) is 16.8 Å². The number of benzene rings is 2. The highest BCUT2D eigenvalue weighted by Crippen LogP contribution is 2.25. The van der Waals surface area contributed by atoms with Crippen LogP contribution in [0.1, 0.15) is 34.5 Å². The zero-order valence-electron chi connectivity index (χ0n) is 18.0. The zero-order valence-corrected chi connectivity index (χ0v) is 19.6. The number of likely N-dealkylation sites (tertiary alicyclic amines) is 1. The molecule has 3 aromatic rings. The number of hydrogen-bond acceptors (Lipinski definition) is 4. The summed E-state index contributed by atoms with van der Waals surface area (Å²) in [7, 11) is -3.60. The number of sulfonamides is 1. The van der Waals surface area contributed by atoms with Gasteiger partial charge in [-0.2, -0.15) is 5.10 Å². The smallest absolute Gasteiger partial charge is 0.258 e. The molecule has 33 heavy (non-hydrogen) atoms. The number of nitrogens with one attached hydrogen (secondary N) is 1. The Labute approximate surface area is 197 Å². The van der Waals surface area contributed by atoms with Crippen LogP contribution in [0, 0.1) is 12.7 Å². The first-order valence-corrected chi connectivity index (χ1v) is 12.4. The summed E-state index contributed by atoms with van der Waals surface area (Å²) < 4.78 is 42.5. The van der Waals surface area contributed by atoms with E-state index in [0.29, 0.717) is 43.7 Å². The molecule has 1 aliphatic heterocycles. The Morgan fingerprint density at radius 3 is 2.39 bits per heavy atom. The minimum atomic E-state index is -3.60. The maximum absolute atomic E-state index is 13.2. The predicted molar refractivity (Wildman–Crippen MR) is 123 cm³/mol. The lowest BCUT2D eigenvalue weighted by Gasteiger charge is -2.32. The second kappa shape index (κ2) is 9.62. The van der Waals surface area contributed by atoms with Gasteiger partial charge in [0.1, 0.15) is 11.0 Å². The van der Waals surface area contributed by atoms with Gasteiger partial charge in [-0.3, -0.25) is 4.79 Å². The minimum absolute atomic E-state index is 0.222. The molecule has 0 unspecified atom stereocenters. The van der Waals surface area contributed by atoms with E-state index in [9.17, 15) is 17.6 Å². The van der Waals surface area contributed by atoms with Gasteiger partial charge >= 0.3 is 0 Å². The quantitative estimate of drug-likeness (QED) is 0.572. The van der Waals surface area contributed by atoms with Crippen molar-refractivity contribution in [1.82, 2.24) is 19.4 Å². The van der Waals surface area contributed by atoms with Gasteiger partial charge in [0.05, 0.1) is 22.7 Å². The summed E-state index contributed by atoms with van der Waals surface area (Å²) in [6.07, 6.45) is 0.996. The fourth-order valence-electron chi connectivity index (χ4n) is 3.91. The summed E-state index contributed by atoms with van der Waals surface area (Å²) >= 11 is 6.50. The predicted octanol–water partition coefficient (Wildman–Crippen LogP) is 3.62. The van der Waals surface area contributed by atoms with Crippen molar-refractivity contribution in [3.63, 3.8) is 0 Å². The van der Waals surface area contributed by atoms with Crippen LogP contribution in [0.4, 0.5) is 4.39 Å². The van der Waals surface area contributed by atoms with E-state index in [-0.39, 0.29) is 27.8 Å². The van der Waals surface area contributed by atoms with Crippen LogP contribution in [0.25, 0.3) is 0 Å². The highest BCUT2D eigenvalue weighted by molar-refractivity contribution is 7.89. The van der Waals surface area contributed by atoms with Gasteiger partial charge in [-0.1, -0.05) is 41.9 Å². The van der Waals surface area contributed by atoms with Gasteiger partial charge in [0.25, 0.3) is 5.91 Å². The van der Waals surface area contributed by atoms with E-state index in [0.717, 1.165) is 5.56 Å². The van der Waals surface area contributed by atoms with Crippen LogP contribution in [-0.4, -0.2) is 48.1 Å². The SMILES string of the molecule is Cc1nn(Cc2ccc(F)cc2)c(Cl)c1C(=O)N1CCC(NS(=O)(=O)c2ccccc2)CC1. The second-order valence-corrected chi connectivity index (χ2v) is 10.1. The number of rotatable bonds is 6. The van der Waals surface area contributed by atoms with Gasteiger partial charge in [-0.05, 0) is 49.6 Å². The van der Waals surface area contributed by atoms with Crippen LogP contribution in [0.15, 0.2) is 59.5 Å². The van der Waals surface area contributed by atoms with Gasteiger partial charge in [-0.15, -0.1) is 0 Å². The summed E-state index contributed by atoms with van der Waals surface area (Å²) in [4.78, 5) is 15.1. The van der Waals surface area contributed by atoms with E-state index in [2.05, 4.69) is 9.82 Å². The lowest BCUT2D eigenvalue weighted by Crippen LogP contribution is -2.46. The van der Waals surface area contributed by atoms with E-state index >= 15 is 0 Å². The van der Waals surface area contributed by atoms with E-state index in [1.807, 2.05) is 0 Å². The van der Waals surface area contributed by atoms with Gasteiger partial charge < -0.3 is 4.90 Å². The van der Waals surface area contributed by atoms with Crippen LogP contribution in [0.5, 0.6) is 0 Å². The molecular formula is C23H24ClFN4O3S. The standard InChI is InChI=1S/C23H24ClFN4O3S/c1-16-21(22(24)29(26-16)15-17-7-9-18(25)10-8-17)23(30)28-13-11-19(12-14-28)27-33(31,32)20-5-3-2-4-6-20/h2-10,19,27H,11-15H2,1H3. The maximum Gasteiger partial charge on any atom is 0.258 e. The third kappa shape index (κ3) is 5.26. The molecule has 7 nitrogen and oxygen atoms in total. The van der Waals surface area contributed by atoms with Gasteiger partial charge in [0.2, 0.25) is 10.0 Å². The average molecular weight is 491 g/mol. The Morgan fingerprint density at radius 1 is 1.12 bits per heavy atom. The number of piperidine rings is 1. The molecule has 1 fully saturated rings. The fourth-order valence-corrected chi connectivity index (χ4v) is 5.55. The Kier molecular flexibility index (Phi) is 6.83. The average Bonchev–Trinajstić information content (AvgIpc) is 3.08. The van der Waals surface area contributed by atoms with Crippen molar-refractivity contribution >= 4 is 27.5 Å². The van der Waals surface area contributed by atoms with E-state index in [1.54, 1.807) is 54.3 Å². The summed E-state index contributed by atoms with van der Waals surface area (Å²) in [5.41, 5.74) is 1.66. The molecule has 174 valence electrons. The van der Waals surface area contributed by atoms with Crippen LogP contribution < -0.4 is 4.72 Å². The molecule has 0 atom stereocenters. The summed E-state index contributed by atoms with van der Waals surface area (Å²) in [5, 5.41) is 4.62. The number of carbonyl (C=O) groups excluding carboxylic acids is 1. The van der Waals surface area contributed by atoms with Crippen molar-refractivity contribution in [3.8, 4) is 0 Å². The third-order valence-electron chi connectivity index (χ3n) is 5.68. The molecule has 2 aromatic carbocycles. The molecule has 2 heterocycles. The first kappa shape index (κ1) is 23.4. The Hall–Kier alpha value is -2.75. The monoisotopic (exact) mass is 490 g/mol. The lowest BCUT2D eigenvalue weighted by molar-refractivity contribution is 0.0710. The first-order chi connectivity index (χ1) is 15.7. The van der Waals surface area contributed by atoms with Crippen molar-refractivity contribution in [2.45, 2.75) is 37.2 Å². The number of hydrogen-bond donors (Lipinski definition) is 1. The number of amides is 1. The van der Waals surface area contributed by atoms with Crippen LogP contribution in [0.3, 0.4) is 0 Å². The number of carbonyl (C=O) groups is 1. The highest BCUT2D eigenvalue weighted by Gasteiger charge is 2.30. The molecule has 1 N–H and O–H groups in total. The van der Waals surface area contributed by atoms with Gasteiger partial charge in [-0.25, -0.2) is 22.2 Å². The molecule has 0 aliphatic carbocycles. The number of halogens is 2. The van der Waals surface area contributed by atoms with Crippen LogP contribution >= 0.6 is 11.6 Å². The molecular weight excluding hydrogens is 467 g/mol. The normalized spacial score (nSPS) is 15.1. The van der Waals surface area contributed by atoms with E-state index in [4.69, 9.17) is 11.6 Å². The number of nitrogens with zero attached hydrogens (tertiary/aromatic N) is 3. The Bertz CT molecular complexity index is 1240. The maximum atomic E-state index is 13.2. The summed E-state index contributed by atoms with van der Waals surface area (Å²) in [5.74, 6) is -0.556. The zero-order chi connectivity index (χ0) is 23.6. The van der Waals surface area contributed by atoms with Gasteiger partial charge in [0.15, 0.2) is 0 Å². The number of aromatic nitrogens is 2. The molecule has 1 aliphatic rings. The lowest BCUT2D eigenvalue weighted by atomic mass is 10.1. The third-order valence-corrected chi connectivity index (χ3v) is 7.60. The number of aryl methyl sites for hydroxylation is 1. The van der Waals surface area contributed by atoms with Crippen LogP contribution in [0.2, 0.25) is 5.15 Å². The largest absolute Gasteiger partial charge is 0.338 e. The van der Waals surface area contributed by atoms with Crippen molar-refractivity contribution < 1.29 is 17.6 Å². The van der Waals surface area contributed by atoms with Crippen molar-refractivity contribution in [1.29, 1.82) is 0 Å². The second-order valence-electron chi connectivity index (χ2n) is 8.04. The molecule has 0 radical (unpaired) electrons. The molecule has 4 rings (SSSR count). The molecule has 1 aromatic heterocycles. The topological polar surface area (TPSA) is 84.3 Å². The van der Waals surface area contributed by atoms with Crippen molar-refractivity contribution in [2.75, 3.05) is 13.1 Å². The molecule has 0 bridgehead atoms. The minimum Gasteiger partial charge on any atom is -0.338 e. The highest BCUT2D eigenvalue weighted by atomic mass is 35.5. The Balaban J connectivity index is 1.40. The van der Waals surface area contributed by atoms with Crippen molar-refractivity contribution in [2.24, 2.45) is 0 Å². The van der Waals surface area contributed by atoms with Gasteiger partial charge in [0, 0.05) is 19.1 Å². The fraction of sp³-hybridized carbons (Fsp3) is 0.304. The molecule has 0 spiro atoms. The Morgan fingerprint density at radius 2 is 1.76 bits per heavy atom. The van der Waals surface area contributed by atoms with Crippen molar-refractivity contribution in [3.05, 3.63) is 82.4 Å². The molecule has 0 saturated carbocycles. The van der Waals surface area contributed by atoms with E-state index < -0.39 is 10.0 Å².